The van der Waals surface area contributed by atoms with E-state index in [-0.39, 0.29) is 5.91 Å². The number of carbonyl (C=O) groups is 1. The standard InChI is InChI=1S/C16H18ClN3O/c17-14-7-3-2-6-13(14)16(21)18-9-10-20-15-8-4-1-5-12(15)11-19-20/h2-3,6-7,11H,1,4-5,8-10H2,(H,18,21). The molecule has 1 amide bonds. The summed E-state index contributed by atoms with van der Waals surface area (Å²) >= 11 is 6.01. The number of aryl methyl sites for hydroxylation is 1. The third-order valence-corrected chi connectivity index (χ3v) is 4.20. The number of hydrogen-bond acceptors (Lipinski definition) is 2. The van der Waals surface area contributed by atoms with E-state index < -0.39 is 0 Å². The fraction of sp³-hybridized carbons (Fsp3) is 0.375. The summed E-state index contributed by atoms with van der Waals surface area (Å²) in [6.45, 7) is 1.25. The lowest BCUT2D eigenvalue weighted by atomic mass is 9.98. The van der Waals surface area contributed by atoms with Crippen LogP contribution in [0.2, 0.25) is 5.02 Å². The minimum Gasteiger partial charge on any atom is -0.350 e. The van der Waals surface area contributed by atoms with Crippen molar-refractivity contribution in [3.8, 4) is 0 Å². The lowest BCUT2D eigenvalue weighted by Crippen LogP contribution is -2.28. The molecule has 0 saturated heterocycles. The minimum atomic E-state index is -0.137. The van der Waals surface area contributed by atoms with E-state index in [2.05, 4.69) is 10.4 Å². The van der Waals surface area contributed by atoms with Gasteiger partial charge in [-0.2, -0.15) is 5.10 Å². The lowest BCUT2D eigenvalue weighted by Gasteiger charge is -2.14. The smallest absolute Gasteiger partial charge is 0.252 e. The minimum absolute atomic E-state index is 0.137. The molecule has 0 atom stereocenters. The van der Waals surface area contributed by atoms with Crippen molar-refractivity contribution in [2.45, 2.75) is 32.2 Å². The average Bonchev–Trinajstić information content (AvgIpc) is 2.91. The van der Waals surface area contributed by atoms with Gasteiger partial charge in [-0.1, -0.05) is 23.7 Å². The van der Waals surface area contributed by atoms with E-state index in [1.807, 2.05) is 23.0 Å². The highest BCUT2D eigenvalue weighted by Gasteiger charge is 2.15. The zero-order valence-corrected chi connectivity index (χ0v) is 12.6. The highest BCUT2D eigenvalue weighted by molar-refractivity contribution is 6.33. The first-order chi connectivity index (χ1) is 10.3. The Morgan fingerprint density at radius 3 is 2.95 bits per heavy atom. The number of nitrogens with one attached hydrogen (secondary N) is 1. The van der Waals surface area contributed by atoms with E-state index in [0.717, 1.165) is 12.8 Å². The van der Waals surface area contributed by atoms with Gasteiger partial charge >= 0.3 is 0 Å². The van der Waals surface area contributed by atoms with E-state index >= 15 is 0 Å². The Kier molecular flexibility index (Phi) is 4.25. The molecule has 1 aliphatic rings. The average molecular weight is 304 g/mol. The summed E-state index contributed by atoms with van der Waals surface area (Å²) < 4.78 is 2.02. The number of rotatable bonds is 4. The molecule has 0 saturated carbocycles. The van der Waals surface area contributed by atoms with Crippen molar-refractivity contribution in [2.75, 3.05) is 6.54 Å². The molecule has 0 unspecified atom stereocenters. The van der Waals surface area contributed by atoms with Crippen molar-refractivity contribution >= 4 is 17.5 Å². The molecule has 1 aromatic heterocycles. The summed E-state index contributed by atoms with van der Waals surface area (Å²) in [4.78, 5) is 12.1. The molecule has 110 valence electrons. The number of fused-ring (bicyclic) bond motifs is 1. The molecule has 21 heavy (non-hydrogen) atoms. The van der Waals surface area contributed by atoms with Crippen LogP contribution < -0.4 is 5.32 Å². The van der Waals surface area contributed by atoms with E-state index in [1.54, 1.807) is 12.1 Å². The fourth-order valence-electron chi connectivity index (χ4n) is 2.76. The van der Waals surface area contributed by atoms with Crippen LogP contribution in [-0.4, -0.2) is 22.2 Å². The van der Waals surface area contributed by atoms with Gasteiger partial charge in [0.1, 0.15) is 0 Å². The first-order valence-electron chi connectivity index (χ1n) is 7.32. The molecule has 0 spiro atoms. The van der Waals surface area contributed by atoms with Gasteiger partial charge < -0.3 is 5.32 Å². The van der Waals surface area contributed by atoms with Gasteiger partial charge in [-0.25, -0.2) is 0 Å². The molecule has 0 fully saturated rings. The van der Waals surface area contributed by atoms with Crippen molar-refractivity contribution in [2.24, 2.45) is 0 Å². The van der Waals surface area contributed by atoms with Gasteiger partial charge in [-0.15, -0.1) is 0 Å². The van der Waals surface area contributed by atoms with Crippen LogP contribution in [0.3, 0.4) is 0 Å². The van der Waals surface area contributed by atoms with Gasteiger partial charge in [-0.05, 0) is 43.4 Å². The summed E-state index contributed by atoms with van der Waals surface area (Å²) in [6, 6.07) is 7.08. The molecule has 1 N–H and O–H groups in total. The Balaban J connectivity index is 1.58. The molecule has 1 aliphatic carbocycles. The highest BCUT2D eigenvalue weighted by Crippen LogP contribution is 2.20. The molecule has 4 nitrogen and oxygen atoms in total. The van der Waals surface area contributed by atoms with Crippen LogP contribution >= 0.6 is 11.6 Å². The topological polar surface area (TPSA) is 46.9 Å². The molecule has 2 aromatic rings. The largest absolute Gasteiger partial charge is 0.350 e. The van der Waals surface area contributed by atoms with Crippen molar-refractivity contribution in [3.05, 3.63) is 52.3 Å². The molecular weight excluding hydrogens is 286 g/mol. The number of aromatic nitrogens is 2. The number of benzene rings is 1. The molecule has 1 aromatic carbocycles. The van der Waals surface area contributed by atoms with Crippen LogP contribution in [0.25, 0.3) is 0 Å². The van der Waals surface area contributed by atoms with Gasteiger partial charge in [-0.3, -0.25) is 9.48 Å². The lowest BCUT2D eigenvalue weighted by molar-refractivity contribution is 0.0952. The van der Waals surface area contributed by atoms with Gasteiger partial charge in [0.2, 0.25) is 0 Å². The monoisotopic (exact) mass is 303 g/mol. The van der Waals surface area contributed by atoms with E-state index in [0.29, 0.717) is 23.7 Å². The number of hydrogen-bond donors (Lipinski definition) is 1. The van der Waals surface area contributed by atoms with Crippen molar-refractivity contribution in [3.63, 3.8) is 0 Å². The first kappa shape index (κ1) is 14.1. The number of amides is 1. The Morgan fingerprint density at radius 2 is 2.10 bits per heavy atom. The molecular formula is C16H18ClN3O. The SMILES string of the molecule is O=C(NCCn1ncc2c1CCCC2)c1ccccc1Cl. The molecule has 0 bridgehead atoms. The highest BCUT2D eigenvalue weighted by atomic mass is 35.5. The van der Waals surface area contributed by atoms with E-state index in [4.69, 9.17) is 11.6 Å². The van der Waals surface area contributed by atoms with Crippen molar-refractivity contribution < 1.29 is 4.79 Å². The van der Waals surface area contributed by atoms with Crippen LogP contribution in [-0.2, 0) is 19.4 Å². The van der Waals surface area contributed by atoms with Crippen molar-refractivity contribution in [1.82, 2.24) is 15.1 Å². The van der Waals surface area contributed by atoms with E-state index in [9.17, 15) is 4.79 Å². The number of carbonyl (C=O) groups excluding carboxylic acids is 1. The molecule has 5 heteroatoms. The maximum Gasteiger partial charge on any atom is 0.252 e. The maximum atomic E-state index is 12.1. The molecule has 0 radical (unpaired) electrons. The number of nitrogens with zero attached hydrogens (tertiary/aromatic N) is 2. The zero-order valence-electron chi connectivity index (χ0n) is 11.8. The van der Waals surface area contributed by atoms with Gasteiger partial charge in [0, 0.05) is 12.2 Å². The molecule has 0 aliphatic heterocycles. The predicted molar refractivity (Wildman–Crippen MR) is 82.7 cm³/mol. The Hall–Kier alpha value is -1.81. The summed E-state index contributed by atoms with van der Waals surface area (Å²) in [6.07, 6.45) is 6.66. The first-order valence-corrected chi connectivity index (χ1v) is 7.70. The zero-order chi connectivity index (χ0) is 14.7. The van der Waals surface area contributed by atoms with Crippen LogP contribution in [0, 0.1) is 0 Å². The van der Waals surface area contributed by atoms with Crippen LogP contribution in [0.5, 0.6) is 0 Å². The summed E-state index contributed by atoms with van der Waals surface area (Å²) in [5.41, 5.74) is 3.20. The predicted octanol–water partition coefficient (Wildman–Crippen LogP) is 2.85. The Morgan fingerprint density at radius 1 is 1.29 bits per heavy atom. The van der Waals surface area contributed by atoms with Gasteiger partial charge in [0.25, 0.3) is 5.91 Å². The normalized spacial score (nSPS) is 13.8. The third-order valence-electron chi connectivity index (χ3n) is 3.87. The quantitative estimate of drug-likeness (QED) is 0.944. The van der Waals surface area contributed by atoms with Crippen LogP contribution in [0.4, 0.5) is 0 Å². The Labute approximate surface area is 129 Å². The van der Waals surface area contributed by atoms with Crippen molar-refractivity contribution in [1.29, 1.82) is 0 Å². The molecule has 3 rings (SSSR count). The van der Waals surface area contributed by atoms with E-state index in [1.165, 1.54) is 24.1 Å². The van der Waals surface area contributed by atoms with Crippen LogP contribution in [0.1, 0.15) is 34.5 Å². The Bertz CT molecular complexity index is 651. The summed E-state index contributed by atoms with van der Waals surface area (Å²) in [5, 5.41) is 7.80. The summed E-state index contributed by atoms with van der Waals surface area (Å²) in [7, 11) is 0. The molecule has 1 heterocycles. The number of halogens is 1. The second-order valence-electron chi connectivity index (χ2n) is 5.28. The second-order valence-corrected chi connectivity index (χ2v) is 5.69. The maximum absolute atomic E-state index is 12.1. The second kappa shape index (κ2) is 6.31. The third kappa shape index (κ3) is 3.10. The summed E-state index contributed by atoms with van der Waals surface area (Å²) in [5.74, 6) is -0.137. The fourth-order valence-corrected chi connectivity index (χ4v) is 2.99. The van der Waals surface area contributed by atoms with Gasteiger partial charge in [0.15, 0.2) is 0 Å². The van der Waals surface area contributed by atoms with Crippen LogP contribution in [0.15, 0.2) is 30.5 Å². The van der Waals surface area contributed by atoms with Gasteiger partial charge in [0.05, 0.1) is 23.3 Å².